The quantitative estimate of drug-likeness (QED) is 0.772. The van der Waals surface area contributed by atoms with Crippen molar-refractivity contribution in [1.82, 2.24) is 0 Å². The van der Waals surface area contributed by atoms with Crippen LogP contribution in [-0.2, 0) is 9.59 Å². The maximum Gasteiger partial charge on any atom is 0.174 e. The van der Waals surface area contributed by atoms with E-state index in [1.54, 1.807) is 0 Å². The van der Waals surface area contributed by atoms with Crippen LogP contribution in [0.2, 0.25) is 0 Å². The molecule has 7 atom stereocenters. The van der Waals surface area contributed by atoms with Crippen molar-refractivity contribution in [2.75, 3.05) is 12.0 Å². The second-order valence-electron chi connectivity index (χ2n) is 9.83. The molecule has 0 saturated heterocycles. The summed E-state index contributed by atoms with van der Waals surface area (Å²) >= 11 is 1.46. The fourth-order valence-electron chi connectivity index (χ4n) is 7.40. The van der Waals surface area contributed by atoms with E-state index in [1.165, 1.54) is 17.3 Å². The molecule has 0 aliphatic heterocycles. The van der Waals surface area contributed by atoms with E-state index in [0.29, 0.717) is 30.9 Å². The Hall–Kier alpha value is -0.650. The van der Waals surface area contributed by atoms with Crippen molar-refractivity contribution >= 4 is 23.3 Å². The number of hydrogen-bond donors (Lipinski definition) is 2. The lowest BCUT2D eigenvalue weighted by Gasteiger charge is -2.60. The average Bonchev–Trinajstić information content (AvgIpc) is 2.87. The molecule has 0 spiro atoms. The number of fused-ring (bicyclic) bond motifs is 5. The van der Waals surface area contributed by atoms with Crippen LogP contribution >= 0.6 is 11.8 Å². The van der Waals surface area contributed by atoms with Gasteiger partial charge in [0.2, 0.25) is 0 Å². The van der Waals surface area contributed by atoms with Gasteiger partial charge >= 0.3 is 0 Å². The van der Waals surface area contributed by atoms with Crippen molar-refractivity contribution in [2.45, 2.75) is 70.5 Å². The number of thioether (sulfide) groups is 1. The highest BCUT2D eigenvalue weighted by molar-refractivity contribution is 7.99. The predicted molar refractivity (Wildman–Crippen MR) is 106 cm³/mol. The van der Waals surface area contributed by atoms with Crippen LogP contribution in [0.4, 0.5) is 0 Å². The Morgan fingerprint density at radius 1 is 1.26 bits per heavy atom. The molecule has 4 aliphatic carbocycles. The van der Waals surface area contributed by atoms with Crippen LogP contribution in [0.3, 0.4) is 0 Å². The number of hydrogen-bond acceptors (Lipinski definition) is 5. The first-order valence-corrected chi connectivity index (χ1v) is 11.7. The molecule has 0 aromatic carbocycles. The van der Waals surface area contributed by atoms with Gasteiger partial charge in [0.15, 0.2) is 11.6 Å². The van der Waals surface area contributed by atoms with E-state index in [2.05, 4.69) is 6.92 Å². The lowest BCUT2D eigenvalue weighted by Crippen LogP contribution is -2.61. The van der Waals surface area contributed by atoms with Crippen LogP contribution in [-0.4, -0.2) is 45.5 Å². The second kappa shape index (κ2) is 6.43. The summed E-state index contributed by atoms with van der Waals surface area (Å²) in [6.07, 6.45) is 8.27. The molecule has 5 heteroatoms. The van der Waals surface area contributed by atoms with E-state index in [1.807, 2.05) is 19.3 Å². The number of aliphatic hydroxyl groups is 2. The van der Waals surface area contributed by atoms with Gasteiger partial charge in [0.1, 0.15) is 5.60 Å². The molecule has 0 amide bonds. The fourth-order valence-corrected chi connectivity index (χ4v) is 7.90. The first-order chi connectivity index (χ1) is 12.7. The highest BCUT2D eigenvalue weighted by Gasteiger charge is 2.68. The van der Waals surface area contributed by atoms with Gasteiger partial charge in [-0.1, -0.05) is 19.4 Å². The van der Waals surface area contributed by atoms with Crippen LogP contribution in [0.5, 0.6) is 0 Å². The lowest BCUT2D eigenvalue weighted by molar-refractivity contribution is -0.178. The molecule has 27 heavy (non-hydrogen) atoms. The highest BCUT2D eigenvalue weighted by atomic mass is 32.2. The second-order valence-corrected chi connectivity index (χ2v) is 10.7. The topological polar surface area (TPSA) is 74.6 Å². The average molecular weight is 393 g/mol. The van der Waals surface area contributed by atoms with Crippen molar-refractivity contribution < 1.29 is 19.8 Å². The monoisotopic (exact) mass is 392 g/mol. The van der Waals surface area contributed by atoms with Crippen molar-refractivity contribution in [2.24, 2.45) is 28.6 Å². The van der Waals surface area contributed by atoms with Gasteiger partial charge in [0, 0.05) is 11.8 Å². The molecule has 0 aromatic rings. The Kier molecular flexibility index (Phi) is 4.68. The lowest BCUT2D eigenvalue weighted by atomic mass is 9.45. The fraction of sp³-hybridized carbons (Fsp3) is 0.818. The van der Waals surface area contributed by atoms with Gasteiger partial charge in [-0.25, -0.2) is 0 Å². The molecule has 0 bridgehead atoms. The molecule has 3 unspecified atom stereocenters. The van der Waals surface area contributed by atoms with Crippen LogP contribution < -0.4 is 0 Å². The van der Waals surface area contributed by atoms with Gasteiger partial charge in [0.05, 0.1) is 11.9 Å². The summed E-state index contributed by atoms with van der Waals surface area (Å²) in [7, 11) is 0. The van der Waals surface area contributed by atoms with E-state index in [9.17, 15) is 19.8 Å². The van der Waals surface area contributed by atoms with Crippen molar-refractivity contribution in [1.29, 1.82) is 0 Å². The molecule has 4 rings (SSSR count). The normalized spacial score (nSPS) is 49.1. The molecule has 3 fully saturated rings. The SMILES string of the molecule is CSCC(=O)[C@@]1(O)CCC2C3CCC4=CC(=O)CC[C@]4(C)C3[C@@H](O)C[C@@]21C. The van der Waals surface area contributed by atoms with Gasteiger partial charge in [-0.15, -0.1) is 0 Å². The van der Waals surface area contributed by atoms with E-state index in [-0.39, 0.29) is 28.8 Å². The summed E-state index contributed by atoms with van der Waals surface area (Å²) < 4.78 is 0. The smallest absolute Gasteiger partial charge is 0.174 e. The molecular formula is C22H32O4S. The Morgan fingerprint density at radius 3 is 2.70 bits per heavy atom. The van der Waals surface area contributed by atoms with Gasteiger partial charge in [0.25, 0.3) is 0 Å². The van der Waals surface area contributed by atoms with E-state index >= 15 is 0 Å². The molecule has 4 aliphatic rings. The summed E-state index contributed by atoms with van der Waals surface area (Å²) in [5, 5.41) is 22.7. The van der Waals surface area contributed by atoms with Crippen molar-refractivity contribution in [3.05, 3.63) is 11.6 Å². The summed E-state index contributed by atoms with van der Waals surface area (Å²) in [5.41, 5.74) is -0.773. The van der Waals surface area contributed by atoms with E-state index in [0.717, 1.165) is 25.7 Å². The molecule has 0 aromatic heterocycles. The van der Waals surface area contributed by atoms with E-state index < -0.39 is 17.1 Å². The molecule has 4 nitrogen and oxygen atoms in total. The zero-order valence-electron chi connectivity index (χ0n) is 16.7. The Labute approximate surface area is 166 Å². The standard InChI is InChI=1S/C22H32O4S/c1-20-8-6-14(23)10-13(20)4-5-15-16-7-9-22(26,18(25)12-27-3)21(16,2)11-17(24)19(15)20/h10,15-17,19,24,26H,4-9,11-12H2,1-3H3/t15?,16?,17-,19?,20-,21-,22-/m0/s1. The minimum atomic E-state index is -1.31. The molecular weight excluding hydrogens is 360 g/mol. The molecule has 150 valence electrons. The highest BCUT2D eigenvalue weighted by Crippen LogP contribution is 2.67. The minimum absolute atomic E-state index is 0.0727. The number of carbonyl (C=O) groups is 2. The third kappa shape index (κ3) is 2.57. The third-order valence-electron chi connectivity index (χ3n) is 8.79. The number of Topliss-reactive ketones (excluding diaryl/α,β-unsaturated/α-hetero) is 1. The van der Waals surface area contributed by atoms with Crippen molar-refractivity contribution in [3.8, 4) is 0 Å². The van der Waals surface area contributed by atoms with Crippen LogP contribution in [0, 0.1) is 28.6 Å². The summed E-state index contributed by atoms with van der Waals surface area (Å²) in [6, 6.07) is 0. The molecule has 0 radical (unpaired) electrons. The van der Waals surface area contributed by atoms with Crippen LogP contribution in [0.15, 0.2) is 11.6 Å². The first-order valence-electron chi connectivity index (χ1n) is 10.3. The zero-order valence-corrected chi connectivity index (χ0v) is 17.5. The van der Waals surface area contributed by atoms with E-state index in [4.69, 9.17) is 0 Å². The van der Waals surface area contributed by atoms with Crippen molar-refractivity contribution in [3.63, 3.8) is 0 Å². The number of carbonyl (C=O) groups excluding carboxylic acids is 2. The van der Waals surface area contributed by atoms with Gasteiger partial charge in [-0.3, -0.25) is 9.59 Å². The van der Waals surface area contributed by atoms with Crippen LogP contribution in [0.25, 0.3) is 0 Å². The number of aliphatic hydroxyl groups excluding tert-OH is 1. The molecule has 0 heterocycles. The minimum Gasteiger partial charge on any atom is -0.393 e. The Bertz CT molecular complexity index is 702. The number of allylic oxidation sites excluding steroid dienone is 1. The zero-order chi connectivity index (χ0) is 19.6. The Balaban J connectivity index is 1.71. The van der Waals surface area contributed by atoms with Gasteiger partial charge in [-0.2, -0.15) is 11.8 Å². The third-order valence-corrected chi connectivity index (χ3v) is 9.34. The molecule has 2 N–H and O–H groups in total. The number of rotatable bonds is 3. The molecule has 3 saturated carbocycles. The van der Waals surface area contributed by atoms with Gasteiger partial charge in [-0.05, 0) is 74.0 Å². The maximum absolute atomic E-state index is 12.8. The largest absolute Gasteiger partial charge is 0.393 e. The summed E-state index contributed by atoms with van der Waals surface area (Å²) in [6.45, 7) is 4.27. The number of ketones is 2. The van der Waals surface area contributed by atoms with Crippen LogP contribution in [0.1, 0.15) is 58.8 Å². The maximum atomic E-state index is 12.8. The van der Waals surface area contributed by atoms with Gasteiger partial charge < -0.3 is 10.2 Å². The first kappa shape index (κ1) is 19.7. The Morgan fingerprint density at radius 2 is 2.00 bits per heavy atom. The summed E-state index contributed by atoms with van der Waals surface area (Å²) in [5.74, 6) is 1.17. The predicted octanol–water partition coefficient (Wildman–Crippen LogP) is 3.15. The summed E-state index contributed by atoms with van der Waals surface area (Å²) in [4.78, 5) is 24.8.